The molecule has 5 nitrogen and oxygen atoms in total. The van der Waals surface area contributed by atoms with E-state index in [1.807, 2.05) is 27.8 Å². The third-order valence-corrected chi connectivity index (χ3v) is 5.22. The average Bonchev–Trinajstić information content (AvgIpc) is 3.28. The third kappa shape index (κ3) is 2.48. The standard InChI is InChI=1S/C19H23N3O2/c1-24-18-10-3-2-7-14(18)16-9-6-11-21(16)19(23)15-13-20-22-12-5-4-8-17(15)22/h2-3,7,10,13,16H,4-6,8-9,11-12H2,1H3/t16-/m1/s1. The van der Waals surface area contributed by atoms with E-state index < -0.39 is 0 Å². The fraction of sp³-hybridized carbons (Fsp3) is 0.474. The largest absolute Gasteiger partial charge is 0.496 e. The fourth-order valence-corrected chi connectivity index (χ4v) is 4.03. The van der Waals surface area contributed by atoms with Crippen molar-refractivity contribution in [3.63, 3.8) is 0 Å². The first-order valence-electron chi connectivity index (χ1n) is 8.78. The molecule has 1 fully saturated rings. The molecule has 1 aromatic carbocycles. The molecule has 3 heterocycles. The van der Waals surface area contributed by atoms with Crippen LogP contribution in [0.2, 0.25) is 0 Å². The highest BCUT2D eigenvalue weighted by atomic mass is 16.5. The molecule has 2 aliphatic heterocycles. The molecular formula is C19H23N3O2. The number of aryl methyl sites for hydroxylation is 1. The summed E-state index contributed by atoms with van der Waals surface area (Å²) < 4.78 is 7.52. The van der Waals surface area contributed by atoms with Gasteiger partial charge in [-0.3, -0.25) is 9.48 Å². The Kier molecular flexibility index (Phi) is 4.00. The number of aromatic nitrogens is 2. The van der Waals surface area contributed by atoms with Crippen molar-refractivity contribution in [3.05, 3.63) is 47.3 Å². The Labute approximate surface area is 142 Å². The first-order chi connectivity index (χ1) is 11.8. The van der Waals surface area contributed by atoms with Crippen LogP contribution in [0.15, 0.2) is 30.5 Å². The Balaban J connectivity index is 1.65. The summed E-state index contributed by atoms with van der Waals surface area (Å²) in [5.41, 5.74) is 3.00. The number of hydrogen-bond acceptors (Lipinski definition) is 3. The SMILES string of the molecule is COc1ccccc1[C@H]1CCCN1C(=O)c1cnn2c1CCCC2. The number of methoxy groups -OCH3 is 1. The van der Waals surface area contributed by atoms with E-state index in [2.05, 4.69) is 11.2 Å². The molecule has 1 atom stereocenters. The van der Waals surface area contributed by atoms with Crippen molar-refractivity contribution in [2.75, 3.05) is 13.7 Å². The van der Waals surface area contributed by atoms with E-state index in [0.29, 0.717) is 0 Å². The van der Waals surface area contributed by atoms with Crippen LogP contribution < -0.4 is 4.74 Å². The van der Waals surface area contributed by atoms with Gasteiger partial charge in [0.15, 0.2) is 0 Å². The van der Waals surface area contributed by atoms with E-state index >= 15 is 0 Å². The highest BCUT2D eigenvalue weighted by Crippen LogP contribution is 2.38. The van der Waals surface area contributed by atoms with Crippen molar-refractivity contribution < 1.29 is 9.53 Å². The summed E-state index contributed by atoms with van der Waals surface area (Å²) in [5.74, 6) is 0.978. The lowest BCUT2D eigenvalue weighted by Gasteiger charge is -2.26. The van der Waals surface area contributed by atoms with Gasteiger partial charge in [0.25, 0.3) is 5.91 Å². The Bertz CT molecular complexity index is 753. The highest BCUT2D eigenvalue weighted by molar-refractivity contribution is 5.95. The molecule has 4 rings (SSSR count). The van der Waals surface area contributed by atoms with Crippen LogP contribution in [0.25, 0.3) is 0 Å². The molecule has 0 N–H and O–H groups in total. The second-order valence-electron chi connectivity index (χ2n) is 6.58. The number of hydrogen-bond donors (Lipinski definition) is 0. The van der Waals surface area contributed by atoms with Crippen molar-refractivity contribution in [1.82, 2.24) is 14.7 Å². The molecule has 24 heavy (non-hydrogen) atoms. The van der Waals surface area contributed by atoms with Gasteiger partial charge in [-0.05, 0) is 38.2 Å². The summed E-state index contributed by atoms with van der Waals surface area (Å²) >= 11 is 0. The number of carbonyl (C=O) groups is 1. The first-order valence-corrected chi connectivity index (χ1v) is 8.78. The molecule has 0 spiro atoms. The van der Waals surface area contributed by atoms with Gasteiger partial charge in [-0.2, -0.15) is 5.10 Å². The zero-order chi connectivity index (χ0) is 16.5. The number of ether oxygens (including phenoxy) is 1. The minimum absolute atomic E-state index is 0.0905. The lowest BCUT2D eigenvalue weighted by molar-refractivity contribution is 0.0732. The fourth-order valence-electron chi connectivity index (χ4n) is 4.03. The number of para-hydroxylation sites is 1. The van der Waals surface area contributed by atoms with Crippen LogP contribution in [0.3, 0.4) is 0 Å². The molecule has 0 aliphatic carbocycles. The van der Waals surface area contributed by atoms with Crippen molar-refractivity contribution in [2.45, 2.75) is 44.7 Å². The normalized spacial score (nSPS) is 20.0. The van der Waals surface area contributed by atoms with Crippen LogP contribution in [-0.4, -0.2) is 34.2 Å². The predicted molar refractivity (Wildman–Crippen MR) is 91.2 cm³/mol. The zero-order valence-corrected chi connectivity index (χ0v) is 14.1. The Hall–Kier alpha value is -2.30. The maximum atomic E-state index is 13.2. The second-order valence-corrected chi connectivity index (χ2v) is 6.58. The number of rotatable bonds is 3. The van der Waals surface area contributed by atoms with Gasteiger partial charge in [-0.25, -0.2) is 0 Å². The van der Waals surface area contributed by atoms with Crippen molar-refractivity contribution in [1.29, 1.82) is 0 Å². The topological polar surface area (TPSA) is 47.4 Å². The Morgan fingerprint density at radius 2 is 2.08 bits per heavy atom. The number of carbonyl (C=O) groups excluding carboxylic acids is 1. The predicted octanol–water partition coefficient (Wildman–Crippen LogP) is 3.21. The summed E-state index contributed by atoms with van der Waals surface area (Å²) in [4.78, 5) is 15.2. The van der Waals surface area contributed by atoms with Crippen LogP contribution in [0.1, 0.15) is 53.3 Å². The summed E-state index contributed by atoms with van der Waals surface area (Å²) in [6.07, 6.45) is 7.01. The van der Waals surface area contributed by atoms with Crippen LogP contribution in [-0.2, 0) is 13.0 Å². The van der Waals surface area contributed by atoms with Gasteiger partial charge < -0.3 is 9.64 Å². The van der Waals surface area contributed by atoms with Gasteiger partial charge >= 0.3 is 0 Å². The molecule has 1 saturated heterocycles. The lowest BCUT2D eigenvalue weighted by Crippen LogP contribution is -2.31. The minimum atomic E-state index is 0.0905. The summed E-state index contributed by atoms with van der Waals surface area (Å²) in [5, 5.41) is 4.43. The molecule has 0 saturated carbocycles. The molecule has 2 aliphatic rings. The second kappa shape index (κ2) is 6.30. The number of fused-ring (bicyclic) bond motifs is 1. The minimum Gasteiger partial charge on any atom is -0.496 e. The summed E-state index contributed by atoms with van der Waals surface area (Å²) in [6, 6.07) is 8.12. The third-order valence-electron chi connectivity index (χ3n) is 5.22. The number of nitrogens with zero attached hydrogens (tertiary/aromatic N) is 3. The zero-order valence-electron chi connectivity index (χ0n) is 14.1. The summed E-state index contributed by atoms with van der Waals surface area (Å²) in [6.45, 7) is 1.73. The Morgan fingerprint density at radius 3 is 2.96 bits per heavy atom. The molecule has 126 valence electrons. The van der Waals surface area contributed by atoms with Crippen LogP contribution in [0, 0.1) is 0 Å². The number of benzene rings is 1. The molecule has 5 heteroatoms. The quantitative estimate of drug-likeness (QED) is 0.870. The smallest absolute Gasteiger partial charge is 0.257 e. The van der Waals surface area contributed by atoms with Gasteiger partial charge in [-0.1, -0.05) is 18.2 Å². The van der Waals surface area contributed by atoms with Crippen molar-refractivity contribution in [3.8, 4) is 5.75 Å². The van der Waals surface area contributed by atoms with E-state index in [4.69, 9.17) is 4.74 Å². The van der Waals surface area contributed by atoms with E-state index in [0.717, 1.165) is 67.8 Å². The van der Waals surface area contributed by atoms with Crippen molar-refractivity contribution in [2.24, 2.45) is 0 Å². The maximum Gasteiger partial charge on any atom is 0.257 e. The highest BCUT2D eigenvalue weighted by Gasteiger charge is 2.34. The maximum absolute atomic E-state index is 13.2. The lowest BCUT2D eigenvalue weighted by atomic mass is 10.0. The van der Waals surface area contributed by atoms with Gasteiger partial charge in [0.05, 0.1) is 30.6 Å². The van der Waals surface area contributed by atoms with E-state index in [9.17, 15) is 4.79 Å². The molecular weight excluding hydrogens is 302 g/mol. The van der Waals surface area contributed by atoms with Crippen LogP contribution >= 0.6 is 0 Å². The van der Waals surface area contributed by atoms with E-state index in [-0.39, 0.29) is 11.9 Å². The molecule has 0 bridgehead atoms. The summed E-state index contributed by atoms with van der Waals surface area (Å²) in [7, 11) is 1.69. The molecule has 2 aromatic rings. The van der Waals surface area contributed by atoms with Crippen LogP contribution in [0.4, 0.5) is 0 Å². The van der Waals surface area contributed by atoms with E-state index in [1.54, 1.807) is 13.3 Å². The van der Waals surface area contributed by atoms with Gasteiger partial charge in [0.2, 0.25) is 0 Å². The molecule has 0 unspecified atom stereocenters. The van der Waals surface area contributed by atoms with Gasteiger partial charge in [-0.15, -0.1) is 0 Å². The molecule has 1 amide bonds. The molecule has 1 aromatic heterocycles. The molecule has 0 radical (unpaired) electrons. The van der Waals surface area contributed by atoms with E-state index in [1.165, 1.54) is 0 Å². The number of amides is 1. The van der Waals surface area contributed by atoms with Gasteiger partial charge in [0.1, 0.15) is 5.75 Å². The van der Waals surface area contributed by atoms with Gasteiger partial charge in [0, 0.05) is 18.7 Å². The first kappa shape index (κ1) is 15.2. The van der Waals surface area contributed by atoms with Crippen LogP contribution in [0.5, 0.6) is 5.75 Å². The monoisotopic (exact) mass is 325 g/mol. The Morgan fingerprint density at radius 1 is 1.21 bits per heavy atom. The number of likely N-dealkylation sites (tertiary alicyclic amines) is 1. The van der Waals surface area contributed by atoms with Crippen molar-refractivity contribution >= 4 is 5.91 Å². The average molecular weight is 325 g/mol.